The highest BCUT2D eigenvalue weighted by Crippen LogP contribution is 2.15. The first-order valence-corrected chi connectivity index (χ1v) is 5.99. The summed E-state index contributed by atoms with van der Waals surface area (Å²) in [7, 11) is 3.88. The molecule has 0 spiro atoms. The Labute approximate surface area is 98.8 Å². The minimum absolute atomic E-state index is 0.357. The molecule has 1 aliphatic rings. The van der Waals surface area contributed by atoms with Gasteiger partial charge in [-0.15, -0.1) is 0 Å². The molecule has 0 aromatic heterocycles. The van der Waals surface area contributed by atoms with Crippen LogP contribution in [-0.2, 0) is 4.74 Å². The number of nitrogens with zero attached hydrogens (tertiary/aromatic N) is 3. The number of hydrogen-bond donors (Lipinski definition) is 0. The molecule has 2 unspecified atom stereocenters. The van der Waals surface area contributed by atoms with Crippen LogP contribution in [0.25, 0.3) is 0 Å². The maximum Gasteiger partial charge on any atom is 0.0638 e. The molecule has 0 amide bonds. The highest BCUT2D eigenvalue weighted by Gasteiger charge is 2.25. The molecule has 92 valence electrons. The van der Waals surface area contributed by atoms with E-state index in [1.165, 1.54) is 6.42 Å². The van der Waals surface area contributed by atoms with Gasteiger partial charge in [-0.05, 0) is 20.4 Å². The van der Waals surface area contributed by atoms with Gasteiger partial charge in [0.2, 0.25) is 0 Å². The first-order chi connectivity index (χ1) is 7.69. The third kappa shape index (κ3) is 3.75. The van der Waals surface area contributed by atoms with Gasteiger partial charge in [-0.1, -0.05) is 0 Å². The summed E-state index contributed by atoms with van der Waals surface area (Å²) in [5, 5.41) is 8.88. The van der Waals surface area contributed by atoms with E-state index in [4.69, 9.17) is 10.00 Å². The Kier molecular flexibility index (Phi) is 5.75. The molecular formula is C12H23N3O. The van der Waals surface area contributed by atoms with E-state index in [1.54, 1.807) is 7.11 Å². The standard InChI is InChI=1S/C12H23N3O/c1-11-5-7-15(8-9-16-3)12(4-6-13)10-14(11)2/h11-12H,4-5,7-10H2,1-3H3. The van der Waals surface area contributed by atoms with Crippen molar-refractivity contribution in [3.63, 3.8) is 0 Å². The number of rotatable bonds is 4. The van der Waals surface area contributed by atoms with E-state index in [0.717, 1.165) is 26.2 Å². The zero-order valence-corrected chi connectivity index (χ0v) is 10.6. The number of likely N-dealkylation sites (N-methyl/N-ethyl adjacent to an activating group) is 1. The summed E-state index contributed by atoms with van der Waals surface area (Å²) in [6, 6.07) is 3.26. The van der Waals surface area contributed by atoms with Crippen LogP contribution < -0.4 is 0 Å². The predicted octanol–water partition coefficient (Wildman–Crippen LogP) is 0.941. The summed E-state index contributed by atoms with van der Waals surface area (Å²) in [5.41, 5.74) is 0. The van der Waals surface area contributed by atoms with Gasteiger partial charge < -0.3 is 9.64 Å². The van der Waals surface area contributed by atoms with Gasteiger partial charge in [-0.25, -0.2) is 0 Å². The minimum Gasteiger partial charge on any atom is -0.383 e. The van der Waals surface area contributed by atoms with Crippen molar-refractivity contribution < 1.29 is 4.74 Å². The largest absolute Gasteiger partial charge is 0.383 e. The van der Waals surface area contributed by atoms with Gasteiger partial charge in [-0.2, -0.15) is 5.26 Å². The van der Waals surface area contributed by atoms with E-state index < -0.39 is 0 Å². The summed E-state index contributed by atoms with van der Waals surface area (Å²) < 4.78 is 5.13. The lowest BCUT2D eigenvalue weighted by atomic mass is 10.2. The normalized spacial score (nSPS) is 28.6. The van der Waals surface area contributed by atoms with Crippen LogP contribution in [0.1, 0.15) is 19.8 Å². The van der Waals surface area contributed by atoms with E-state index >= 15 is 0 Å². The third-order valence-electron chi connectivity index (χ3n) is 3.51. The van der Waals surface area contributed by atoms with Gasteiger partial charge in [0.25, 0.3) is 0 Å². The fourth-order valence-electron chi connectivity index (χ4n) is 2.19. The average molecular weight is 225 g/mol. The molecule has 1 rings (SSSR count). The molecule has 0 radical (unpaired) electrons. The first-order valence-electron chi connectivity index (χ1n) is 5.99. The number of ether oxygens (including phenoxy) is 1. The second-order valence-corrected chi connectivity index (χ2v) is 4.62. The molecule has 16 heavy (non-hydrogen) atoms. The molecule has 1 saturated heterocycles. The smallest absolute Gasteiger partial charge is 0.0638 e. The maximum atomic E-state index is 8.88. The molecule has 0 aromatic rings. The Morgan fingerprint density at radius 1 is 1.50 bits per heavy atom. The van der Waals surface area contributed by atoms with Crippen molar-refractivity contribution in [1.29, 1.82) is 5.26 Å². The van der Waals surface area contributed by atoms with Crippen molar-refractivity contribution in [2.24, 2.45) is 0 Å². The second kappa shape index (κ2) is 6.85. The number of nitriles is 1. The number of methoxy groups -OCH3 is 1. The Hall–Kier alpha value is -0.630. The van der Waals surface area contributed by atoms with Crippen molar-refractivity contribution >= 4 is 0 Å². The minimum atomic E-state index is 0.357. The summed E-state index contributed by atoms with van der Waals surface area (Å²) >= 11 is 0. The summed E-state index contributed by atoms with van der Waals surface area (Å²) in [6.07, 6.45) is 1.78. The van der Waals surface area contributed by atoms with E-state index in [1.807, 2.05) is 0 Å². The van der Waals surface area contributed by atoms with Crippen molar-refractivity contribution in [1.82, 2.24) is 9.80 Å². The van der Waals surface area contributed by atoms with Gasteiger partial charge in [-0.3, -0.25) is 4.90 Å². The number of hydrogen-bond acceptors (Lipinski definition) is 4. The van der Waals surface area contributed by atoms with Crippen molar-refractivity contribution in [2.45, 2.75) is 31.8 Å². The van der Waals surface area contributed by atoms with Crippen LogP contribution in [0.3, 0.4) is 0 Å². The molecule has 1 heterocycles. The molecule has 0 aliphatic carbocycles. The van der Waals surface area contributed by atoms with Gasteiger partial charge in [0, 0.05) is 38.8 Å². The van der Waals surface area contributed by atoms with Crippen LogP contribution in [-0.4, -0.2) is 62.3 Å². The Morgan fingerprint density at radius 3 is 2.88 bits per heavy atom. The van der Waals surface area contributed by atoms with Crippen LogP contribution >= 0.6 is 0 Å². The van der Waals surface area contributed by atoms with Gasteiger partial charge in [0.05, 0.1) is 19.1 Å². The Bertz CT molecular complexity index is 239. The predicted molar refractivity (Wildman–Crippen MR) is 64.2 cm³/mol. The molecule has 4 heteroatoms. The fraction of sp³-hybridized carbons (Fsp3) is 0.917. The van der Waals surface area contributed by atoms with Crippen molar-refractivity contribution in [3.05, 3.63) is 0 Å². The highest BCUT2D eigenvalue weighted by atomic mass is 16.5. The molecule has 0 saturated carbocycles. The van der Waals surface area contributed by atoms with Crippen LogP contribution in [0.2, 0.25) is 0 Å². The fourth-order valence-corrected chi connectivity index (χ4v) is 2.19. The second-order valence-electron chi connectivity index (χ2n) is 4.62. The molecule has 0 N–H and O–H groups in total. The Balaban J connectivity index is 2.59. The summed E-state index contributed by atoms with van der Waals surface area (Å²) in [4.78, 5) is 4.75. The molecule has 1 aliphatic heterocycles. The van der Waals surface area contributed by atoms with Gasteiger partial charge in [0.1, 0.15) is 0 Å². The van der Waals surface area contributed by atoms with Gasteiger partial charge >= 0.3 is 0 Å². The topological polar surface area (TPSA) is 39.5 Å². The molecule has 0 bridgehead atoms. The summed E-state index contributed by atoms with van der Waals surface area (Å²) in [5.74, 6) is 0. The lowest BCUT2D eigenvalue weighted by Crippen LogP contribution is -2.42. The molecule has 2 atom stereocenters. The van der Waals surface area contributed by atoms with E-state index in [2.05, 4.69) is 29.8 Å². The van der Waals surface area contributed by atoms with Crippen molar-refractivity contribution in [3.8, 4) is 6.07 Å². The third-order valence-corrected chi connectivity index (χ3v) is 3.51. The molecule has 4 nitrogen and oxygen atoms in total. The van der Waals surface area contributed by atoms with Crippen molar-refractivity contribution in [2.75, 3.05) is 40.4 Å². The zero-order chi connectivity index (χ0) is 12.0. The monoisotopic (exact) mass is 225 g/mol. The quantitative estimate of drug-likeness (QED) is 0.714. The highest BCUT2D eigenvalue weighted by molar-refractivity contribution is 4.88. The lowest BCUT2D eigenvalue weighted by molar-refractivity contribution is 0.119. The van der Waals surface area contributed by atoms with Gasteiger partial charge in [0.15, 0.2) is 0 Å². The molecule has 1 fully saturated rings. The first kappa shape index (κ1) is 13.4. The maximum absolute atomic E-state index is 8.88. The summed E-state index contributed by atoms with van der Waals surface area (Å²) in [6.45, 7) is 5.99. The molecular weight excluding hydrogens is 202 g/mol. The van der Waals surface area contributed by atoms with E-state index in [0.29, 0.717) is 18.5 Å². The van der Waals surface area contributed by atoms with E-state index in [9.17, 15) is 0 Å². The lowest BCUT2D eigenvalue weighted by Gasteiger charge is -2.29. The van der Waals surface area contributed by atoms with Crippen LogP contribution in [0.15, 0.2) is 0 Å². The van der Waals surface area contributed by atoms with Crippen LogP contribution in [0.4, 0.5) is 0 Å². The van der Waals surface area contributed by atoms with E-state index in [-0.39, 0.29) is 0 Å². The van der Waals surface area contributed by atoms with Crippen LogP contribution in [0.5, 0.6) is 0 Å². The Morgan fingerprint density at radius 2 is 2.25 bits per heavy atom. The molecule has 0 aromatic carbocycles. The average Bonchev–Trinajstić information content (AvgIpc) is 2.39. The van der Waals surface area contributed by atoms with Crippen LogP contribution in [0, 0.1) is 11.3 Å². The SMILES string of the molecule is COCCN1CCC(C)N(C)CC1CC#N. The zero-order valence-electron chi connectivity index (χ0n) is 10.6.